The molecule has 0 bridgehead atoms. The summed E-state index contributed by atoms with van der Waals surface area (Å²) >= 11 is 0. The van der Waals surface area contributed by atoms with Gasteiger partial charge in [0.2, 0.25) is 0 Å². The lowest BCUT2D eigenvalue weighted by molar-refractivity contribution is -0.00392. The number of carbonyl (C=O) groups excluding carboxylic acids is 1. The highest BCUT2D eigenvalue weighted by molar-refractivity contribution is 7.87. The van der Waals surface area contributed by atoms with Gasteiger partial charge in [0.25, 0.3) is 16.1 Å². The molecule has 1 aromatic heterocycles. The third kappa shape index (κ3) is 4.13. The van der Waals surface area contributed by atoms with Crippen molar-refractivity contribution in [1.82, 2.24) is 23.7 Å². The molecular formula is C17H25N5O4S. The number of aryl methyl sites for hydroxylation is 1. The van der Waals surface area contributed by atoms with Crippen molar-refractivity contribution < 1.29 is 17.9 Å². The van der Waals surface area contributed by atoms with Crippen molar-refractivity contribution in [3.05, 3.63) is 30.0 Å². The van der Waals surface area contributed by atoms with Gasteiger partial charge >= 0.3 is 0 Å². The molecule has 0 spiro atoms. The van der Waals surface area contributed by atoms with Crippen molar-refractivity contribution in [2.75, 3.05) is 40.4 Å². The summed E-state index contributed by atoms with van der Waals surface area (Å²) in [7, 11) is 1.25. The number of ether oxygens (including phenoxy) is 1. The normalized spacial score (nSPS) is 18.4. The van der Waals surface area contributed by atoms with Crippen LogP contribution in [0.5, 0.6) is 0 Å². The smallest absolute Gasteiger partial charge is 0.278 e. The van der Waals surface area contributed by atoms with Gasteiger partial charge in [0.05, 0.1) is 24.8 Å². The summed E-state index contributed by atoms with van der Waals surface area (Å²) in [5, 5.41) is 5.22. The van der Waals surface area contributed by atoms with E-state index in [1.165, 1.54) is 14.1 Å². The maximum atomic E-state index is 13.2. The molecule has 1 unspecified atom stereocenters. The summed E-state index contributed by atoms with van der Waals surface area (Å²) < 4.78 is 34.6. The third-order valence-electron chi connectivity index (χ3n) is 4.69. The molecule has 2 heterocycles. The fraction of sp³-hybridized carbons (Fsp3) is 0.529. The standard InChI is InChI=1S/C17H25N5O4S/c1-20(2)27(24,25)18-9-8-13-12-26-11-10-22(13)17(23)16-14-6-4-5-7-15(14)21(3)19-16/h4-7,13,18H,8-12H2,1-3H3. The van der Waals surface area contributed by atoms with Crippen molar-refractivity contribution in [2.45, 2.75) is 12.5 Å². The van der Waals surface area contributed by atoms with Crippen molar-refractivity contribution >= 4 is 27.0 Å². The van der Waals surface area contributed by atoms with E-state index in [-0.39, 0.29) is 18.5 Å². The van der Waals surface area contributed by atoms with Gasteiger partial charge in [-0.2, -0.15) is 17.8 Å². The second-order valence-corrected chi connectivity index (χ2v) is 8.66. The zero-order chi connectivity index (χ0) is 19.6. The monoisotopic (exact) mass is 395 g/mol. The minimum absolute atomic E-state index is 0.157. The quantitative estimate of drug-likeness (QED) is 0.754. The Morgan fingerprint density at radius 3 is 2.85 bits per heavy atom. The summed E-state index contributed by atoms with van der Waals surface area (Å²) in [6.07, 6.45) is 0.462. The first kappa shape index (κ1) is 19.7. The van der Waals surface area contributed by atoms with Crippen LogP contribution in [0.2, 0.25) is 0 Å². The molecule has 10 heteroatoms. The van der Waals surface area contributed by atoms with Crippen molar-refractivity contribution in [3.63, 3.8) is 0 Å². The molecule has 2 aromatic rings. The van der Waals surface area contributed by atoms with E-state index in [1.807, 2.05) is 31.3 Å². The van der Waals surface area contributed by atoms with Crippen molar-refractivity contribution in [2.24, 2.45) is 7.05 Å². The molecule has 0 saturated carbocycles. The highest BCUT2D eigenvalue weighted by atomic mass is 32.2. The molecule has 1 N–H and O–H groups in total. The van der Waals surface area contributed by atoms with Gasteiger partial charge in [-0.05, 0) is 12.5 Å². The number of rotatable bonds is 6. The molecule has 0 aliphatic carbocycles. The second kappa shape index (κ2) is 7.93. The lowest BCUT2D eigenvalue weighted by Gasteiger charge is -2.35. The van der Waals surface area contributed by atoms with E-state index in [1.54, 1.807) is 9.58 Å². The van der Waals surface area contributed by atoms with E-state index < -0.39 is 10.2 Å². The minimum atomic E-state index is -3.49. The Hall–Kier alpha value is -2.01. The van der Waals surface area contributed by atoms with Gasteiger partial charge in [0, 0.05) is 39.6 Å². The van der Waals surface area contributed by atoms with E-state index in [9.17, 15) is 13.2 Å². The zero-order valence-corrected chi connectivity index (χ0v) is 16.6. The number of carbonyl (C=O) groups is 1. The average molecular weight is 395 g/mol. The molecule has 0 radical (unpaired) electrons. The Kier molecular flexibility index (Phi) is 5.80. The first-order valence-electron chi connectivity index (χ1n) is 8.79. The van der Waals surface area contributed by atoms with E-state index in [2.05, 4.69) is 9.82 Å². The molecule has 148 valence electrons. The van der Waals surface area contributed by atoms with Gasteiger partial charge in [0.1, 0.15) is 0 Å². The highest BCUT2D eigenvalue weighted by Gasteiger charge is 2.30. The number of hydrogen-bond donors (Lipinski definition) is 1. The first-order chi connectivity index (χ1) is 12.8. The summed E-state index contributed by atoms with van der Waals surface area (Å²) in [5.74, 6) is -0.157. The number of benzene rings is 1. The van der Waals surface area contributed by atoms with Gasteiger partial charge in [-0.15, -0.1) is 0 Å². The summed E-state index contributed by atoms with van der Waals surface area (Å²) in [6.45, 7) is 1.51. The van der Waals surface area contributed by atoms with Crippen LogP contribution in [0.15, 0.2) is 24.3 Å². The number of fused-ring (bicyclic) bond motifs is 1. The number of nitrogens with one attached hydrogen (secondary N) is 1. The maximum absolute atomic E-state index is 13.2. The van der Waals surface area contributed by atoms with E-state index in [0.29, 0.717) is 31.9 Å². The van der Waals surface area contributed by atoms with Crippen molar-refractivity contribution in [3.8, 4) is 0 Å². The fourth-order valence-corrected chi connectivity index (χ4v) is 3.79. The topological polar surface area (TPSA) is 96.8 Å². The van der Waals surface area contributed by atoms with Crippen LogP contribution < -0.4 is 4.72 Å². The maximum Gasteiger partial charge on any atom is 0.278 e. The van der Waals surface area contributed by atoms with Gasteiger partial charge < -0.3 is 9.64 Å². The van der Waals surface area contributed by atoms with Crippen LogP contribution >= 0.6 is 0 Å². The van der Waals surface area contributed by atoms with Crippen LogP contribution in [-0.4, -0.2) is 79.8 Å². The number of hydrogen-bond acceptors (Lipinski definition) is 5. The summed E-state index contributed by atoms with van der Waals surface area (Å²) in [4.78, 5) is 14.9. The van der Waals surface area contributed by atoms with Gasteiger partial charge in [-0.1, -0.05) is 18.2 Å². The van der Waals surface area contributed by atoms with Crippen LogP contribution in [0.3, 0.4) is 0 Å². The molecule has 1 aliphatic heterocycles. The Labute approximate surface area is 159 Å². The minimum Gasteiger partial charge on any atom is -0.377 e. The Balaban J connectivity index is 1.75. The lowest BCUT2D eigenvalue weighted by atomic mass is 10.1. The Morgan fingerprint density at radius 2 is 2.11 bits per heavy atom. The van der Waals surface area contributed by atoms with Gasteiger partial charge in [-0.3, -0.25) is 9.48 Å². The molecule has 1 amide bonds. The largest absolute Gasteiger partial charge is 0.377 e. The predicted molar refractivity (Wildman–Crippen MR) is 102 cm³/mol. The number of morpholine rings is 1. The zero-order valence-electron chi connectivity index (χ0n) is 15.8. The highest BCUT2D eigenvalue weighted by Crippen LogP contribution is 2.21. The Morgan fingerprint density at radius 1 is 1.37 bits per heavy atom. The average Bonchev–Trinajstić information content (AvgIpc) is 2.98. The molecule has 1 atom stereocenters. The van der Waals surface area contributed by atoms with Crippen molar-refractivity contribution in [1.29, 1.82) is 0 Å². The molecule has 3 rings (SSSR count). The van der Waals surface area contributed by atoms with Crippen LogP contribution in [-0.2, 0) is 22.0 Å². The van der Waals surface area contributed by atoms with Crippen LogP contribution in [0.4, 0.5) is 0 Å². The molecular weight excluding hydrogens is 370 g/mol. The number of amides is 1. The molecule has 1 saturated heterocycles. The second-order valence-electron chi connectivity index (χ2n) is 6.69. The molecule has 1 aliphatic rings. The fourth-order valence-electron chi connectivity index (χ4n) is 3.15. The SMILES string of the molecule is CN(C)S(=O)(=O)NCCC1COCCN1C(=O)c1nn(C)c2ccccc12. The first-order valence-corrected chi connectivity index (χ1v) is 10.2. The van der Waals surface area contributed by atoms with Gasteiger partial charge in [0.15, 0.2) is 5.69 Å². The van der Waals surface area contributed by atoms with Crippen LogP contribution in [0, 0.1) is 0 Å². The molecule has 1 fully saturated rings. The number of aromatic nitrogens is 2. The summed E-state index contributed by atoms with van der Waals surface area (Å²) in [5.41, 5.74) is 1.30. The van der Waals surface area contributed by atoms with E-state index in [4.69, 9.17) is 4.74 Å². The summed E-state index contributed by atoms with van der Waals surface area (Å²) in [6, 6.07) is 7.39. The molecule has 1 aromatic carbocycles. The van der Waals surface area contributed by atoms with Crippen LogP contribution in [0.25, 0.3) is 10.9 Å². The number of para-hydroxylation sites is 1. The van der Waals surface area contributed by atoms with E-state index >= 15 is 0 Å². The van der Waals surface area contributed by atoms with Crippen LogP contribution in [0.1, 0.15) is 16.9 Å². The predicted octanol–water partition coefficient (Wildman–Crippen LogP) is 0.200. The molecule has 27 heavy (non-hydrogen) atoms. The molecule has 9 nitrogen and oxygen atoms in total. The third-order valence-corrected chi connectivity index (χ3v) is 6.22. The number of nitrogens with zero attached hydrogens (tertiary/aromatic N) is 4. The lowest BCUT2D eigenvalue weighted by Crippen LogP contribution is -2.50. The van der Waals surface area contributed by atoms with Gasteiger partial charge in [-0.25, -0.2) is 4.72 Å². The Bertz CT molecular complexity index is 925. The van der Waals surface area contributed by atoms with E-state index in [0.717, 1.165) is 15.2 Å².